The maximum Gasteiger partial charge on any atom is 0.326 e. The summed E-state index contributed by atoms with van der Waals surface area (Å²) in [6, 6.07) is -14.0. The molecule has 0 bridgehead atoms. The predicted molar refractivity (Wildman–Crippen MR) is 241 cm³/mol. The third-order valence-corrected chi connectivity index (χ3v) is 10.9. The molecule has 9 amide bonds. The van der Waals surface area contributed by atoms with Gasteiger partial charge in [0, 0.05) is 0 Å². The van der Waals surface area contributed by atoms with E-state index in [4.69, 9.17) is 5.73 Å². The highest BCUT2D eigenvalue weighted by molar-refractivity contribution is 7.98. The fourth-order valence-electron chi connectivity index (χ4n) is 5.75. The molecule has 68 heavy (non-hydrogen) atoms. The summed E-state index contributed by atoms with van der Waals surface area (Å²) in [4.78, 5) is 141. The van der Waals surface area contributed by atoms with Gasteiger partial charge in [0.15, 0.2) is 0 Å². The number of carbonyl (C=O) groups excluding carboxylic acids is 9. The van der Waals surface area contributed by atoms with Crippen molar-refractivity contribution >= 4 is 76.9 Å². The first-order valence-electron chi connectivity index (χ1n) is 21.6. The molecule has 0 aliphatic carbocycles. The van der Waals surface area contributed by atoms with Crippen molar-refractivity contribution in [2.24, 2.45) is 23.5 Å². The van der Waals surface area contributed by atoms with Crippen LogP contribution in [0.4, 0.5) is 0 Å². The lowest BCUT2D eigenvalue weighted by Gasteiger charge is -2.28. The number of carboxylic acids is 2. The number of nitrogens with two attached hydrogens (primary N) is 1. The van der Waals surface area contributed by atoms with Crippen LogP contribution in [-0.2, 0) is 52.7 Å². The summed E-state index contributed by atoms with van der Waals surface area (Å²) >= 11 is 1.30. The summed E-state index contributed by atoms with van der Waals surface area (Å²) in [5.74, 6) is -13.7. The van der Waals surface area contributed by atoms with Crippen LogP contribution in [0.5, 0.6) is 0 Å². The number of aliphatic hydroxyl groups excluding tert-OH is 4. The Kier molecular flexibility index (Phi) is 28.8. The van der Waals surface area contributed by atoms with E-state index in [0.717, 1.165) is 6.92 Å². The van der Waals surface area contributed by atoms with E-state index in [0.29, 0.717) is 5.75 Å². The molecule has 28 heteroatoms. The highest BCUT2D eigenvalue weighted by atomic mass is 32.2. The monoisotopic (exact) mass is 994 g/mol. The van der Waals surface area contributed by atoms with Gasteiger partial charge in [-0.1, -0.05) is 48.0 Å². The molecule has 0 aromatic heterocycles. The van der Waals surface area contributed by atoms with Gasteiger partial charge in [-0.05, 0) is 43.1 Å². The maximum absolute atomic E-state index is 13.6. The Bertz CT molecular complexity index is 1760. The third-order valence-electron chi connectivity index (χ3n) is 10.3. The number of aliphatic hydroxyl groups is 4. The van der Waals surface area contributed by atoms with Crippen LogP contribution >= 0.6 is 11.8 Å². The number of aliphatic carboxylic acids is 2. The van der Waals surface area contributed by atoms with Gasteiger partial charge in [-0.15, -0.1) is 0 Å². The number of rotatable bonds is 32. The van der Waals surface area contributed by atoms with Gasteiger partial charge in [0.05, 0.1) is 44.9 Å². The lowest BCUT2D eigenvalue weighted by atomic mass is 9.97. The first kappa shape index (κ1) is 62.3. The maximum atomic E-state index is 13.6. The molecule has 0 spiro atoms. The molecule has 0 fully saturated rings. The van der Waals surface area contributed by atoms with Crippen molar-refractivity contribution in [3.8, 4) is 0 Å². The second-order valence-corrected chi connectivity index (χ2v) is 17.4. The predicted octanol–water partition coefficient (Wildman–Crippen LogP) is -6.66. The highest BCUT2D eigenvalue weighted by Gasteiger charge is 2.36. The van der Waals surface area contributed by atoms with Gasteiger partial charge >= 0.3 is 11.9 Å². The van der Waals surface area contributed by atoms with Crippen molar-refractivity contribution in [2.45, 2.75) is 128 Å². The number of nitrogens with one attached hydrogen (secondary N) is 9. The lowest BCUT2D eigenvalue weighted by Crippen LogP contribution is -2.62. The molecule has 0 aliphatic heterocycles. The van der Waals surface area contributed by atoms with Crippen LogP contribution in [0.1, 0.15) is 67.7 Å². The number of thioether (sulfide) groups is 1. The van der Waals surface area contributed by atoms with Gasteiger partial charge in [0.25, 0.3) is 0 Å². The van der Waals surface area contributed by atoms with E-state index in [1.54, 1.807) is 40.9 Å². The van der Waals surface area contributed by atoms with Crippen LogP contribution in [0, 0.1) is 17.8 Å². The Morgan fingerprint density at radius 2 is 0.956 bits per heavy atom. The molecule has 0 aliphatic rings. The zero-order valence-corrected chi connectivity index (χ0v) is 40.1. The van der Waals surface area contributed by atoms with Gasteiger partial charge in [-0.3, -0.25) is 47.9 Å². The van der Waals surface area contributed by atoms with Crippen LogP contribution in [0.25, 0.3) is 0 Å². The fraction of sp³-hybridized carbons (Fsp3) is 0.725. The van der Waals surface area contributed by atoms with Crippen molar-refractivity contribution in [1.29, 1.82) is 0 Å². The minimum absolute atomic E-state index is 0.00335. The first-order chi connectivity index (χ1) is 31.7. The molecule has 27 nitrogen and oxygen atoms in total. The van der Waals surface area contributed by atoms with Crippen molar-refractivity contribution in [1.82, 2.24) is 47.9 Å². The summed E-state index contributed by atoms with van der Waals surface area (Å²) in [6.45, 7) is 6.63. The number of hydrogen-bond acceptors (Lipinski definition) is 17. The standard InChI is InChI=1S/C40H70N10O17S/c1-9-19(6)30(39(65)45-22(12-27(56)57)33(59)44-21(10-11-68-8)32(58)48-29(18(4)5)40(66)67)49-35(61)23(14-51)43-26(55)13-42-38(64)31(20(7)54)50-36(62)25(16-53)46-34(60)24(15-52)47-37(63)28(41)17(2)3/h17-25,28-31,51-54H,9-16,41H2,1-8H3,(H,42,64)(H,43,55)(H,44,59)(H,45,65)(H,46,60)(H,47,63)(H,48,58)(H,49,61)(H,50,62)(H,56,57)(H,66,67)/t19-,20+,21-,22-,23-,24-,25-,28-,29-,30-,31-/m0/s1. The molecular weight excluding hydrogens is 925 g/mol. The van der Waals surface area contributed by atoms with Gasteiger partial charge in [-0.25, -0.2) is 4.79 Å². The Labute approximate surface area is 397 Å². The van der Waals surface area contributed by atoms with E-state index in [9.17, 15) is 83.4 Å². The normalized spacial score (nSPS) is 16.0. The van der Waals surface area contributed by atoms with Crippen molar-refractivity contribution in [3.05, 3.63) is 0 Å². The van der Waals surface area contributed by atoms with Crippen LogP contribution in [0.2, 0.25) is 0 Å². The second kappa shape index (κ2) is 31.4. The average Bonchev–Trinajstić information content (AvgIpc) is 3.27. The molecule has 0 saturated carbocycles. The Morgan fingerprint density at radius 3 is 1.40 bits per heavy atom. The second-order valence-electron chi connectivity index (χ2n) is 16.4. The fourth-order valence-corrected chi connectivity index (χ4v) is 6.22. The molecule has 0 unspecified atom stereocenters. The molecule has 0 aromatic carbocycles. The van der Waals surface area contributed by atoms with Crippen LogP contribution < -0.4 is 53.6 Å². The van der Waals surface area contributed by atoms with Crippen molar-refractivity contribution in [2.75, 3.05) is 38.4 Å². The zero-order valence-electron chi connectivity index (χ0n) is 39.3. The third kappa shape index (κ3) is 21.5. The molecule has 0 saturated heterocycles. The summed E-state index contributed by atoms with van der Waals surface area (Å²) < 4.78 is 0. The van der Waals surface area contributed by atoms with Gasteiger partial charge < -0.3 is 84.2 Å². The molecule has 0 heterocycles. The van der Waals surface area contributed by atoms with Crippen molar-refractivity contribution < 1.29 is 83.4 Å². The minimum atomic E-state index is -1.82. The molecule has 11 atom stereocenters. The topological polar surface area (TPSA) is 443 Å². The highest BCUT2D eigenvalue weighted by Crippen LogP contribution is 2.11. The minimum Gasteiger partial charge on any atom is -0.481 e. The Morgan fingerprint density at radius 1 is 0.529 bits per heavy atom. The van der Waals surface area contributed by atoms with Gasteiger partial charge in [-0.2, -0.15) is 11.8 Å². The lowest BCUT2D eigenvalue weighted by molar-refractivity contribution is -0.144. The van der Waals surface area contributed by atoms with Crippen LogP contribution in [0.3, 0.4) is 0 Å². The molecule has 388 valence electrons. The molecule has 0 rings (SSSR count). The van der Waals surface area contributed by atoms with Crippen LogP contribution in [-0.4, -0.2) is 195 Å². The molecule has 0 radical (unpaired) electrons. The quantitative estimate of drug-likeness (QED) is 0.0298. The summed E-state index contributed by atoms with van der Waals surface area (Å²) in [5.41, 5.74) is 5.75. The van der Waals surface area contributed by atoms with Crippen molar-refractivity contribution in [3.63, 3.8) is 0 Å². The van der Waals surface area contributed by atoms with E-state index in [1.807, 2.05) is 0 Å². The number of amides is 9. The average molecular weight is 995 g/mol. The van der Waals surface area contributed by atoms with Gasteiger partial charge in [0.2, 0.25) is 53.2 Å². The number of carboxylic acid groups (broad SMARTS) is 2. The van der Waals surface area contributed by atoms with Gasteiger partial charge in [0.1, 0.15) is 48.3 Å². The number of hydrogen-bond donors (Lipinski definition) is 16. The van der Waals surface area contributed by atoms with E-state index < -0.39 is 170 Å². The molecule has 17 N–H and O–H groups in total. The summed E-state index contributed by atoms with van der Waals surface area (Å²) in [6.07, 6.45) is -0.713. The molecular formula is C40H70N10O17S. The van der Waals surface area contributed by atoms with Crippen LogP contribution in [0.15, 0.2) is 0 Å². The number of carbonyl (C=O) groups is 11. The summed E-state index contributed by atoms with van der Waals surface area (Å²) in [5, 5.41) is 78.8. The van der Waals surface area contributed by atoms with E-state index in [1.165, 1.54) is 18.7 Å². The first-order valence-corrected chi connectivity index (χ1v) is 23.0. The largest absolute Gasteiger partial charge is 0.481 e. The Hall–Kier alpha value is -5.68. The van der Waals surface area contributed by atoms with E-state index >= 15 is 0 Å². The smallest absolute Gasteiger partial charge is 0.326 e. The Balaban J connectivity index is 5.93. The SMILES string of the molecule is CC[C@H](C)[C@H](NC(=O)[C@H](CO)NC(=O)CNC(=O)[C@@H](NC(=O)[C@H](CO)NC(=O)[C@H](CO)NC(=O)[C@@H](N)C(C)C)[C@@H](C)O)C(=O)N[C@@H](CC(=O)O)C(=O)N[C@@H](CCSC)C(=O)N[C@H](C(=O)O)C(C)C. The summed E-state index contributed by atoms with van der Waals surface area (Å²) in [7, 11) is 0. The van der Waals surface area contributed by atoms with E-state index in [2.05, 4.69) is 47.9 Å². The van der Waals surface area contributed by atoms with E-state index in [-0.39, 0.29) is 18.8 Å². The zero-order chi connectivity index (χ0) is 52.6. The molecule has 0 aromatic rings.